The molecule has 1 rings (SSSR count). The zero-order valence-corrected chi connectivity index (χ0v) is 11.7. The van der Waals surface area contributed by atoms with Crippen molar-refractivity contribution < 1.29 is 0 Å². The fraction of sp³-hybridized carbons (Fsp3) is 0.467. The molecule has 0 aliphatic heterocycles. The van der Waals surface area contributed by atoms with E-state index < -0.39 is 0 Å². The normalized spacial score (nSPS) is 7.88. The summed E-state index contributed by atoms with van der Waals surface area (Å²) < 4.78 is 0. The van der Waals surface area contributed by atoms with E-state index in [0.29, 0.717) is 0 Å². The largest absolute Gasteiger partial charge is 0.378 e. The van der Waals surface area contributed by atoms with E-state index in [4.69, 9.17) is 0 Å². The van der Waals surface area contributed by atoms with E-state index in [2.05, 4.69) is 35.7 Å². The van der Waals surface area contributed by atoms with E-state index in [1.54, 1.807) is 0 Å². The monoisotopic (exact) mass is 221 g/mol. The van der Waals surface area contributed by atoms with Crippen molar-refractivity contribution in [2.24, 2.45) is 0 Å². The van der Waals surface area contributed by atoms with Gasteiger partial charge in [-0.05, 0) is 24.1 Å². The average molecular weight is 221 g/mol. The summed E-state index contributed by atoms with van der Waals surface area (Å²) in [5.74, 6) is 0. The standard InChI is InChI=1S/C11H15N.2C2H6/c1-4-5-10-6-8-11(9-7-10)12(2)3;2*1-2/h4,6-9H,1,5H2,2-3H3;2*1-2H3. The second-order valence-electron chi connectivity index (χ2n) is 3.05. The van der Waals surface area contributed by atoms with Crippen LogP contribution in [0, 0.1) is 0 Å². The number of benzene rings is 1. The first-order valence-corrected chi connectivity index (χ1v) is 6.11. The van der Waals surface area contributed by atoms with E-state index in [0.717, 1.165) is 6.42 Å². The predicted octanol–water partition coefficient (Wildman–Crippen LogP) is 4.53. The van der Waals surface area contributed by atoms with Crippen molar-refractivity contribution in [1.29, 1.82) is 0 Å². The Bertz CT molecular complexity index is 247. The molecule has 1 aromatic carbocycles. The summed E-state index contributed by atoms with van der Waals surface area (Å²) in [6.07, 6.45) is 2.87. The van der Waals surface area contributed by atoms with Gasteiger partial charge in [-0.3, -0.25) is 0 Å². The van der Waals surface area contributed by atoms with Crippen LogP contribution in [0.1, 0.15) is 33.3 Å². The van der Waals surface area contributed by atoms with Crippen molar-refractivity contribution in [2.45, 2.75) is 34.1 Å². The molecule has 0 fully saturated rings. The Morgan fingerprint density at radius 2 is 1.44 bits per heavy atom. The Morgan fingerprint density at radius 1 is 1.00 bits per heavy atom. The lowest BCUT2D eigenvalue weighted by Crippen LogP contribution is -2.08. The Labute approximate surface area is 102 Å². The molecule has 16 heavy (non-hydrogen) atoms. The van der Waals surface area contributed by atoms with E-state index in [1.165, 1.54) is 11.3 Å². The molecular weight excluding hydrogens is 194 g/mol. The molecule has 0 bridgehead atoms. The summed E-state index contributed by atoms with van der Waals surface area (Å²) in [7, 11) is 4.09. The van der Waals surface area contributed by atoms with Crippen LogP contribution < -0.4 is 4.90 Å². The van der Waals surface area contributed by atoms with Crippen LogP contribution in [0.3, 0.4) is 0 Å². The number of hydrogen-bond acceptors (Lipinski definition) is 1. The van der Waals surface area contributed by atoms with Crippen LogP contribution in [0.5, 0.6) is 0 Å². The fourth-order valence-electron chi connectivity index (χ4n) is 1.10. The van der Waals surface area contributed by atoms with Crippen molar-refractivity contribution in [2.75, 3.05) is 19.0 Å². The molecule has 0 aliphatic rings. The summed E-state index contributed by atoms with van der Waals surface area (Å²) in [6, 6.07) is 8.52. The minimum atomic E-state index is 0.952. The van der Waals surface area contributed by atoms with Gasteiger partial charge in [-0.25, -0.2) is 0 Å². The molecule has 0 radical (unpaired) electrons. The molecule has 0 unspecified atom stereocenters. The maximum Gasteiger partial charge on any atom is 0.0361 e. The van der Waals surface area contributed by atoms with Crippen molar-refractivity contribution in [3.8, 4) is 0 Å². The Balaban J connectivity index is 0. The molecule has 0 spiro atoms. The molecule has 0 aliphatic carbocycles. The quantitative estimate of drug-likeness (QED) is 0.678. The molecule has 0 saturated heterocycles. The first-order chi connectivity index (χ1) is 7.74. The molecule has 0 aromatic heterocycles. The highest BCUT2D eigenvalue weighted by molar-refractivity contribution is 5.46. The van der Waals surface area contributed by atoms with E-state index in [1.807, 2.05) is 47.9 Å². The van der Waals surface area contributed by atoms with Gasteiger partial charge < -0.3 is 4.90 Å². The van der Waals surface area contributed by atoms with Gasteiger partial charge >= 0.3 is 0 Å². The molecule has 0 atom stereocenters. The maximum atomic E-state index is 3.70. The first kappa shape index (κ1) is 17.2. The summed E-state index contributed by atoms with van der Waals surface area (Å²) in [4.78, 5) is 2.09. The molecule has 0 saturated carbocycles. The van der Waals surface area contributed by atoms with E-state index in [9.17, 15) is 0 Å². The van der Waals surface area contributed by atoms with Gasteiger partial charge in [0.25, 0.3) is 0 Å². The van der Waals surface area contributed by atoms with Gasteiger partial charge in [-0.15, -0.1) is 6.58 Å². The van der Waals surface area contributed by atoms with Gasteiger partial charge in [-0.1, -0.05) is 45.9 Å². The molecule has 1 nitrogen and oxygen atoms in total. The topological polar surface area (TPSA) is 3.24 Å². The zero-order valence-electron chi connectivity index (χ0n) is 11.7. The second-order valence-corrected chi connectivity index (χ2v) is 3.05. The third-order valence-corrected chi connectivity index (χ3v) is 1.83. The second kappa shape index (κ2) is 11.8. The maximum absolute atomic E-state index is 3.70. The summed E-state index contributed by atoms with van der Waals surface area (Å²) in [5, 5.41) is 0. The van der Waals surface area contributed by atoms with Crippen LogP contribution in [0.2, 0.25) is 0 Å². The average Bonchev–Trinajstić information content (AvgIpc) is 2.35. The highest BCUT2D eigenvalue weighted by Crippen LogP contribution is 2.12. The molecule has 0 amide bonds. The van der Waals surface area contributed by atoms with Crippen LogP contribution in [0.15, 0.2) is 36.9 Å². The lowest BCUT2D eigenvalue weighted by atomic mass is 10.1. The van der Waals surface area contributed by atoms with Gasteiger partial charge in [0, 0.05) is 19.8 Å². The van der Waals surface area contributed by atoms with Gasteiger partial charge in [0.1, 0.15) is 0 Å². The molecule has 1 aromatic rings. The molecule has 92 valence electrons. The van der Waals surface area contributed by atoms with Gasteiger partial charge in [0.2, 0.25) is 0 Å². The van der Waals surface area contributed by atoms with Crippen LogP contribution in [0.4, 0.5) is 5.69 Å². The van der Waals surface area contributed by atoms with Crippen molar-refractivity contribution in [3.05, 3.63) is 42.5 Å². The predicted molar refractivity (Wildman–Crippen MR) is 77.4 cm³/mol. The van der Waals surface area contributed by atoms with E-state index >= 15 is 0 Å². The fourth-order valence-corrected chi connectivity index (χ4v) is 1.10. The Kier molecular flexibility index (Phi) is 12.7. The van der Waals surface area contributed by atoms with Crippen LogP contribution >= 0.6 is 0 Å². The lowest BCUT2D eigenvalue weighted by Gasteiger charge is -2.12. The first-order valence-electron chi connectivity index (χ1n) is 6.11. The van der Waals surface area contributed by atoms with Crippen molar-refractivity contribution >= 4 is 5.69 Å². The third-order valence-electron chi connectivity index (χ3n) is 1.83. The van der Waals surface area contributed by atoms with Gasteiger partial charge in [0.15, 0.2) is 0 Å². The van der Waals surface area contributed by atoms with E-state index in [-0.39, 0.29) is 0 Å². The Morgan fingerprint density at radius 3 is 1.75 bits per heavy atom. The van der Waals surface area contributed by atoms with Crippen LogP contribution in [0.25, 0.3) is 0 Å². The molecule has 1 heteroatoms. The highest BCUT2D eigenvalue weighted by atomic mass is 15.1. The number of rotatable bonds is 3. The summed E-state index contributed by atoms with van der Waals surface area (Å²) in [6.45, 7) is 11.7. The lowest BCUT2D eigenvalue weighted by molar-refractivity contribution is 1.13. The smallest absolute Gasteiger partial charge is 0.0361 e. The van der Waals surface area contributed by atoms with Crippen molar-refractivity contribution in [3.63, 3.8) is 0 Å². The van der Waals surface area contributed by atoms with Crippen LogP contribution in [-0.4, -0.2) is 14.1 Å². The summed E-state index contributed by atoms with van der Waals surface area (Å²) >= 11 is 0. The van der Waals surface area contributed by atoms with Crippen LogP contribution in [-0.2, 0) is 6.42 Å². The minimum Gasteiger partial charge on any atom is -0.378 e. The molecule has 0 N–H and O–H groups in total. The highest BCUT2D eigenvalue weighted by Gasteiger charge is 1.93. The number of allylic oxidation sites excluding steroid dienone is 1. The van der Waals surface area contributed by atoms with Gasteiger partial charge in [-0.2, -0.15) is 0 Å². The van der Waals surface area contributed by atoms with Gasteiger partial charge in [0.05, 0.1) is 0 Å². The third kappa shape index (κ3) is 7.10. The SMILES string of the molecule is C=CCc1ccc(N(C)C)cc1.CC.CC. The number of nitrogens with zero attached hydrogens (tertiary/aromatic N) is 1. The molecule has 0 heterocycles. The number of anilines is 1. The zero-order chi connectivity index (χ0) is 13.0. The minimum absolute atomic E-state index is 0.952. The van der Waals surface area contributed by atoms with Crippen molar-refractivity contribution in [1.82, 2.24) is 0 Å². The molecular formula is C15H27N. The Hall–Kier alpha value is -1.24. The number of hydrogen-bond donors (Lipinski definition) is 0. The summed E-state index contributed by atoms with van der Waals surface area (Å²) in [5.41, 5.74) is 2.55.